The van der Waals surface area contributed by atoms with Crippen LogP contribution >= 0.6 is 37.0 Å². The molecule has 24 nitrogen and oxygen atoms in total. The fraction of sp³-hybridized carbons (Fsp3) is 0.649. The van der Waals surface area contributed by atoms with Crippen molar-refractivity contribution >= 4 is 118 Å². The summed E-state index contributed by atoms with van der Waals surface area (Å²) in [6.45, 7) is 2.44. The number of rotatable bonds is 17. The zero-order valence-corrected chi connectivity index (χ0v) is 50.8. The molecule has 4 saturated heterocycles. The van der Waals surface area contributed by atoms with Gasteiger partial charge < -0.3 is 56.7 Å². The van der Waals surface area contributed by atoms with Gasteiger partial charge in [0.05, 0.1) is 24.5 Å². The third-order valence-electron chi connectivity index (χ3n) is 15.9. The van der Waals surface area contributed by atoms with Crippen LogP contribution in [-0.2, 0) is 68.7 Å². The number of esters is 1. The highest BCUT2D eigenvalue weighted by Crippen LogP contribution is 2.27. The summed E-state index contributed by atoms with van der Waals surface area (Å²) in [5.74, 6) is -9.57. The quantitative estimate of drug-likeness (QED) is 0.0586. The predicted octanol–water partition coefficient (Wildman–Crippen LogP) is 0.493. The number of nitrogens with one attached hydrogen (secondary N) is 7. The van der Waals surface area contributed by atoms with E-state index in [0.717, 1.165) is 16.5 Å². The second-order valence-electron chi connectivity index (χ2n) is 22.4. The van der Waals surface area contributed by atoms with Crippen LogP contribution in [0.15, 0.2) is 30.5 Å². The van der Waals surface area contributed by atoms with Crippen molar-refractivity contribution < 1.29 is 62.3 Å². The second kappa shape index (κ2) is 33.0. The molecular weight excluding hydrogens is 1140 g/mol. The van der Waals surface area contributed by atoms with E-state index in [1.807, 2.05) is 43.3 Å². The highest BCUT2D eigenvalue weighted by molar-refractivity contribution is 7.99. The van der Waals surface area contributed by atoms with Crippen molar-refractivity contribution in [2.45, 2.75) is 158 Å². The Morgan fingerprint density at radius 2 is 1.46 bits per heavy atom. The number of thiol groups is 2. The molecule has 9 N–H and O–H groups in total. The number of ketones is 3. The standard InChI is InChI=1S/C57H83N11O13S3/c1-33-47(70)25-34(12-6-8-20-59-54(77)43-31-84-32-61-43)52(75)64-40(55(78)67-22-10-16-44(67)51(58)74)27-50(73)63-41(29-82)46(69)18-19-49(72)62-39(15-7-9-21-66(2)3)48(71)26-35(24-36-28-60-38-14-5-4-13-37(36)38)53(76)65-42(30-83)56(79)68-23-11-17-45(68)57(80)81-33/h4-5,13-14,28,33-35,39-45,60-61,82-83H,6-12,15-27,29-32H2,1-3H3,(H2,58,74)(H,59,77)(H,62,72)(H,63,73)(H,64,75)(H,65,76)/t33-,34+,35+,39-,40-,41-,42-,43-,44-,45-/m0/s1. The molecule has 84 heavy (non-hydrogen) atoms. The molecule has 462 valence electrons. The number of cyclic esters (lactones) is 1. The first kappa shape index (κ1) is 67.1. The van der Waals surface area contributed by atoms with Gasteiger partial charge in [0.2, 0.25) is 47.3 Å². The zero-order chi connectivity index (χ0) is 61.0. The van der Waals surface area contributed by atoms with Crippen molar-refractivity contribution in [3.8, 4) is 0 Å². The minimum atomic E-state index is -1.64. The number of nitrogens with zero attached hydrogens (tertiary/aromatic N) is 3. The van der Waals surface area contributed by atoms with E-state index < -0.39 is 145 Å². The van der Waals surface area contributed by atoms with Crippen molar-refractivity contribution in [1.82, 2.24) is 51.6 Å². The number of para-hydroxylation sites is 1. The van der Waals surface area contributed by atoms with Crippen LogP contribution in [0.1, 0.15) is 109 Å². The van der Waals surface area contributed by atoms with Crippen LogP contribution in [0.4, 0.5) is 0 Å². The molecule has 4 aliphatic heterocycles. The Kier molecular flexibility index (Phi) is 26.4. The smallest absolute Gasteiger partial charge is 0.329 e. The average Bonchev–Trinajstić information content (AvgIpc) is 4.20. The molecule has 1 aromatic carbocycles. The number of benzene rings is 1. The number of Topliss-reactive ketones (excluding diaryl/α,β-unsaturated/α-hetero) is 3. The maximum Gasteiger partial charge on any atom is 0.329 e. The van der Waals surface area contributed by atoms with Crippen LogP contribution in [0, 0.1) is 11.8 Å². The summed E-state index contributed by atoms with van der Waals surface area (Å²) >= 11 is 10.4. The number of unbranched alkanes of at least 4 members (excludes halogenated alkanes) is 2. The van der Waals surface area contributed by atoms with E-state index >= 15 is 0 Å². The van der Waals surface area contributed by atoms with Gasteiger partial charge in [-0.15, -0.1) is 11.8 Å². The SMILES string of the molecule is C[C@@H]1OC(=O)[C@@H]2CCCN2C(=O)[C@H](CS)NC(=O)[C@H](Cc2c[nH]c3ccccc23)CC(=O)[C@H](CCCCN(C)C)NC(=O)CCC(=O)[C@H](CS)NC(=O)C[C@@H](C(=O)N2CCC[C@H]2C(N)=O)NC(=O)[C@H](CCCCNC(=O)[C@@H]2CSCN2)CC1=O. The number of H-pyrrole nitrogens is 1. The van der Waals surface area contributed by atoms with Gasteiger partial charge in [0.25, 0.3) is 0 Å². The molecule has 2 aromatic rings. The molecule has 0 spiro atoms. The van der Waals surface area contributed by atoms with E-state index in [4.69, 9.17) is 10.5 Å². The number of aromatic nitrogens is 1. The Morgan fingerprint density at radius 1 is 0.762 bits per heavy atom. The summed E-state index contributed by atoms with van der Waals surface area (Å²) in [4.78, 5) is 175. The van der Waals surface area contributed by atoms with Gasteiger partial charge in [-0.1, -0.05) is 24.6 Å². The molecule has 4 fully saturated rings. The van der Waals surface area contributed by atoms with Crippen LogP contribution in [0.5, 0.6) is 0 Å². The van der Waals surface area contributed by atoms with E-state index in [9.17, 15) is 57.5 Å². The number of primary amides is 1. The monoisotopic (exact) mass is 1230 g/mol. The maximum atomic E-state index is 14.6. The largest absolute Gasteiger partial charge is 0.453 e. The predicted molar refractivity (Wildman–Crippen MR) is 320 cm³/mol. The lowest BCUT2D eigenvalue weighted by atomic mass is 9.89. The summed E-state index contributed by atoms with van der Waals surface area (Å²) in [6, 6.07) is -0.435. The van der Waals surface area contributed by atoms with E-state index in [0.29, 0.717) is 56.7 Å². The van der Waals surface area contributed by atoms with Gasteiger partial charge in [-0.3, -0.25) is 58.1 Å². The van der Waals surface area contributed by atoms with Gasteiger partial charge in [0.1, 0.15) is 24.2 Å². The third kappa shape index (κ3) is 19.2. The molecular formula is C57H83N11O13S3. The minimum absolute atomic E-state index is 0.0337. The Bertz CT molecular complexity index is 2710. The second-order valence-corrected chi connectivity index (χ2v) is 24.2. The normalized spacial score (nSPS) is 27.1. The first-order valence-corrected chi connectivity index (χ1v) is 31.5. The average molecular weight is 1230 g/mol. The molecule has 10 atom stereocenters. The molecule has 0 saturated carbocycles. The van der Waals surface area contributed by atoms with Crippen molar-refractivity contribution in [2.24, 2.45) is 17.6 Å². The molecule has 4 aliphatic rings. The van der Waals surface area contributed by atoms with Crippen LogP contribution in [-0.4, -0.2) is 202 Å². The number of hydrogen-bond donors (Lipinski definition) is 10. The summed E-state index contributed by atoms with van der Waals surface area (Å²) in [5, 5.41) is 17.6. The van der Waals surface area contributed by atoms with Crippen LogP contribution in [0.25, 0.3) is 10.9 Å². The zero-order valence-electron chi connectivity index (χ0n) is 48.2. The number of aromatic amines is 1. The van der Waals surface area contributed by atoms with Crippen molar-refractivity contribution in [2.75, 3.05) is 63.4 Å². The Labute approximate surface area is 505 Å². The Balaban J connectivity index is 1.30. The lowest BCUT2D eigenvalue weighted by Gasteiger charge is -2.30. The third-order valence-corrected chi connectivity index (χ3v) is 17.6. The van der Waals surface area contributed by atoms with E-state index in [2.05, 4.69) is 62.1 Å². The van der Waals surface area contributed by atoms with E-state index in [1.54, 1.807) is 18.0 Å². The Morgan fingerprint density at radius 3 is 2.18 bits per heavy atom. The topological polar surface area (TPSA) is 338 Å². The number of ether oxygens (including phenoxy) is 1. The molecule has 6 rings (SSSR count). The molecule has 0 aliphatic carbocycles. The number of likely N-dealkylation sites (tertiary alicyclic amines) is 1. The fourth-order valence-corrected chi connectivity index (χ4v) is 12.6. The number of fused-ring (bicyclic) bond motifs is 2. The van der Waals surface area contributed by atoms with Gasteiger partial charge in [0, 0.05) is 97.4 Å². The summed E-state index contributed by atoms with van der Waals surface area (Å²) < 4.78 is 5.75. The van der Waals surface area contributed by atoms with Gasteiger partial charge >= 0.3 is 5.97 Å². The first-order valence-electron chi connectivity index (χ1n) is 29.1. The molecule has 0 radical (unpaired) electrons. The molecule has 0 bridgehead atoms. The minimum Gasteiger partial charge on any atom is -0.453 e. The van der Waals surface area contributed by atoms with Crippen LogP contribution in [0.3, 0.4) is 0 Å². The number of nitrogens with two attached hydrogens (primary N) is 1. The Hall–Kier alpha value is -6.03. The lowest BCUT2D eigenvalue weighted by molar-refractivity contribution is -0.161. The first-order chi connectivity index (χ1) is 40.2. The maximum absolute atomic E-state index is 14.6. The fourth-order valence-electron chi connectivity index (χ4n) is 11.1. The van der Waals surface area contributed by atoms with Crippen molar-refractivity contribution in [3.63, 3.8) is 0 Å². The van der Waals surface area contributed by atoms with Gasteiger partial charge in [-0.05, 0) is 103 Å². The number of carbonyl (C=O) groups excluding carboxylic acids is 12. The highest BCUT2D eigenvalue weighted by Gasteiger charge is 2.42. The van der Waals surface area contributed by atoms with E-state index in [1.165, 1.54) is 16.7 Å². The van der Waals surface area contributed by atoms with Crippen LogP contribution in [0.2, 0.25) is 0 Å². The molecule has 1 aromatic heterocycles. The summed E-state index contributed by atoms with van der Waals surface area (Å²) in [5.41, 5.74) is 7.19. The molecule has 27 heteroatoms. The summed E-state index contributed by atoms with van der Waals surface area (Å²) in [7, 11) is 3.81. The van der Waals surface area contributed by atoms with Gasteiger partial charge in [-0.25, -0.2) is 4.79 Å². The number of hydrogen-bond acceptors (Lipinski definition) is 18. The molecule has 0 unspecified atom stereocenters. The number of thioether (sulfide) groups is 1. The van der Waals surface area contributed by atoms with Gasteiger partial charge in [0.15, 0.2) is 23.5 Å². The van der Waals surface area contributed by atoms with Crippen molar-refractivity contribution in [1.29, 1.82) is 0 Å². The number of carbonyl (C=O) groups is 12. The number of amides is 8. The van der Waals surface area contributed by atoms with Gasteiger partial charge in [-0.2, -0.15) is 25.3 Å². The van der Waals surface area contributed by atoms with Crippen molar-refractivity contribution in [3.05, 3.63) is 36.0 Å². The lowest BCUT2D eigenvalue weighted by Crippen LogP contribution is -2.55. The molecule has 5 heterocycles. The highest BCUT2D eigenvalue weighted by atomic mass is 32.2. The van der Waals surface area contributed by atoms with E-state index in [-0.39, 0.29) is 81.6 Å². The summed E-state index contributed by atoms with van der Waals surface area (Å²) in [6.07, 6.45) is 1.17. The molecule has 8 amide bonds. The van der Waals surface area contributed by atoms with Crippen LogP contribution < -0.4 is 37.6 Å².